The van der Waals surface area contributed by atoms with Gasteiger partial charge in [-0.3, -0.25) is 9.69 Å². The van der Waals surface area contributed by atoms with Crippen LogP contribution in [0, 0.1) is 9.49 Å². The number of esters is 1. The Balaban J connectivity index is 1.88. The summed E-state index contributed by atoms with van der Waals surface area (Å²) in [6, 6.07) is 9.68. The average molecular weight is 539 g/mol. The van der Waals surface area contributed by atoms with Gasteiger partial charge in [-0.05, 0) is 72.5 Å². The topological polar surface area (TPSA) is 29.5 Å². The fraction of sp³-hybridized carbons (Fsp3) is 0.611. The summed E-state index contributed by atoms with van der Waals surface area (Å²) in [5.74, 6) is 0.249. The Bertz CT molecular complexity index is 548. The van der Waals surface area contributed by atoms with Crippen LogP contribution in [0.5, 0.6) is 0 Å². The number of rotatable bonds is 5. The number of piperidine rings is 1. The lowest BCUT2D eigenvalue weighted by atomic mass is 9.76. The summed E-state index contributed by atoms with van der Waals surface area (Å²) in [6.45, 7) is 1.12. The Labute approximate surface area is 165 Å². The highest BCUT2D eigenvalue weighted by atomic mass is 127. The van der Waals surface area contributed by atoms with Crippen LogP contribution in [-0.4, -0.2) is 41.0 Å². The molecular formula is C18H23I2NO2. The lowest BCUT2D eigenvalue weighted by Gasteiger charge is -2.43. The van der Waals surface area contributed by atoms with Crippen LogP contribution in [0.1, 0.15) is 37.2 Å². The van der Waals surface area contributed by atoms with Crippen molar-refractivity contribution in [3.8, 4) is 0 Å². The van der Waals surface area contributed by atoms with Crippen LogP contribution >= 0.6 is 45.2 Å². The fourth-order valence-electron chi connectivity index (χ4n) is 4.41. The molecule has 1 aromatic rings. The third-order valence-electron chi connectivity index (χ3n) is 5.39. The molecule has 0 saturated carbocycles. The van der Waals surface area contributed by atoms with Crippen molar-refractivity contribution in [1.29, 1.82) is 0 Å². The summed E-state index contributed by atoms with van der Waals surface area (Å²) in [7, 11) is 1.53. The Kier molecular flexibility index (Phi) is 6.23. The van der Waals surface area contributed by atoms with Gasteiger partial charge in [0.25, 0.3) is 0 Å². The SMILES string of the molecule is COC(=O)[C@H]1C(c2ccc(I)cc2)CC2CCC1N2CCCI. The number of ether oxygens (including phenoxy) is 1. The van der Waals surface area contributed by atoms with Crippen molar-refractivity contribution < 1.29 is 9.53 Å². The molecule has 3 unspecified atom stereocenters. The number of nitrogens with zero attached hydrogens (tertiary/aromatic N) is 1. The van der Waals surface area contributed by atoms with Gasteiger partial charge in [-0.15, -0.1) is 0 Å². The average Bonchev–Trinajstić information content (AvgIpc) is 2.84. The van der Waals surface area contributed by atoms with E-state index in [1.807, 2.05) is 0 Å². The van der Waals surface area contributed by atoms with Gasteiger partial charge >= 0.3 is 5.97 Å². The summed E-state index contributed by atoms with van der Waals surface area (Å²) < 4.78 is 7.62. The molecule has 126 valence electrons. The van der Waals surface area contributed by atoms with Crippen molar-refractivity contribution in [2.24, 2.45) is 5.92 Å². The Morgan fingerprint density at radius 3 is 2.70 bits per heavy atom. The fourth-order valence-corrected chi connectivity index (χ4v) is 5.11. The number of halogens is 2. The molecule has 2 aliphatic rings. The third kappa shape index (κ3) is 3.71. The molecule has 2 saturated heterocycles. The highest BCUT2D eigenvalue weighted by Crippen LogP contribution is 2.47. The van der Waals surface area contributed by atoms with E-state index in [2.05, 4.69) is 74.3 Å². The molecule has 0 N–H and O–H groups in total. The first-order chi connectivity index (χ1) is 11.2. The third-order valence-corrected chi connectivity index (χ3v) is 6.87. The quantitative estimate of drug-likeness (QED) is 0.319. The predicted molar refractivity (Wildman–Crippen MR) is 109 cm³/mol. The van der Waals surface area contributed by atoms with Gasteiger partial charge in [-0.25, -0.2) is 0 Å². The minimum atomic E-state index is -0.0293. The molecule has 2 aliphatic heterocycles. The molecule has 4 atom stereocenters. The summed E-state index contributed by atoms with van der Waals surface area (Å²) in [4.78, 5) is 15.2. The second-order valence-corrected chi connectivity index (χ2v) is 8.85. The van der Waals surface area contributed by atoms with Gasteiger partial charge in [0.05, 0.1) is 13.0 Å². The zero-order valence-electron chi connectivity index (χ0n) is 13.4. The van der Waals surface area contributed by atoms with E-state index in [-0.39, 0.29) is 11.9 Å². The van der Waals surface area contributed by atoms with Gasteiger partial charge in [-0.1, -0.05) is 34.7 Å². The molecule has 3 rings (SSSR count). The zero-order valence-corrected chi connectivity index (χ0v) is 17.7. The van der Waals surface area contributed by atoms with Crippen LogP contribution < -0.4 is 0 Å². The summed E-state index contributed by atoms with van der Waals surface area (Å²) in [5, 5.41) is 0. The number of carbonyl (C=O) groups excluding carboxylic acids is 1. The Morgan fingerprint density at radius 1 is 1.30 bits per heavy atom. The normalized spacial score (nSPS) is 30.4. The first kappa shape index (κ1) is 17.9. The molecule has 0 spiro atoms. The maximum atomic E-state index is 12.6. The van der Waals surface area contributed by atoms with Crippen LogP contribution in [0.15, 0.2) is 24.3 Å². The molecule has 23 heavy (non-hydrogen) atoms. The van der Waals surface area contributed by atoms with E-state index in [0.717, 1.165) is 19.4 Å². The summed E-state index contributed by atoms with van der Waals surface area (Å²) in [6.07, 6.45) is 4.64. The molecule has 1 aromatic carbocycles. The maximum absolute atomic E-state index is 12.6. The molecule has 0 radical (unpaired) electrons. The van der Waals surface area contributed by atoms with Gasteiger partial charge in [-0.2, -0.15) is 0 Å². The molecule has 0 aliphatic carbocycles. The van der Waals surface area contributed by atoms with Gasteiger partial charge in [0, 0.05) is 26.0 Å². The van der Waals surface area contributed by atoms with Crippen molar-refractivity contribution in [3.05, 3.63) is 33.4 Å². The smallest absolute Gasteiger partial charge is 0.310 e. The van der Waals surface area contributed by atoms with Crippen molar-refractivity contribution in [2.45, 2.75) is 43.7 Å². The Morgan fingerprint density at radius 2 is 2.04 bits per heavy atom. The van der Waals surface area contributed by atoms with Crippen LogP contribution in [0.2, 0.25) is 0 Å². The van der Waals surface area contributed by atoms with E-state index in [4.69, 9.17) is 4.74 Å². The van der Waals surface area contributed by atoms with Crippen molar-refractivity contribution in [3.63, 3.8) is 0 Å². The number of methoxy groups -OCH3 is 1. The van der Waals surface area contributed by atoms with Crippen molar-refractivity contribution >= 4 is 51.2 Å². The number of fused-ring (bicyclic) bond motifs is 2. The predicted octanol–water partition coefficient (Wildman–Crippen LogP) is 4.23. The van der Waals surface area contributed by atoms with E-state index >= 15 is 0 Å². The van der Waals surface area contributed by atoms with Crippen molar-refractivity contribution in [1.82, 2.24) is 4.90 Å². The molecule has 2 bridgehead atoms. The standard InChI is InChI=1S/C18H23I2NO2/c1-23-18(22)17-15(12-3-5-13(20)6-4-12)11-14-7-8-16(17)21(14)10-2-9-19/h3-6,14-17H,2,7-11H2,1H3/t14?,15?,16?,17-/m0/s1. The highest BCUT2D eigenvalue weighted by molar-refractivity contribution is 14.1. The highest BCUT2D eigenvalue weighted by Gasteiger charge is 2.50. The molecule has 2 heterocycles. The van der Waals surface area contributed by atoms with Gasteiger partial charge < -0.3 is 4.74 Å². The van der Waals surface area contributed by atoms with E-state index in [1.54, 1.807) is 0 Å². The van der Waals surface area contributed by atoms with Gasteiger partial charge in [0.2, 0.25) is 0 Å². The van der Waals surface area contributed by atoms with Crippen molar-refractivity contribution in [2.75, 3.05) is 18.1 Å². The minimum absolute atomic E-state index is 0.0203. The molecule has 0 amide bonds. The second-order valence-electron chi connectivity index (χ2n) is 6.52. The molecule has 5 heteroatoms. The first-order valence-electron chi connectivity index (χ1n) is 8.30. The van der Waals surface area contributed by atoms with Crippen LogP contribution in [-0.2, 0) is 9.53 Å². The summed E-state index contributed by atoms with van der Waals surface area (Å²) in [5.41, 5.74) is 1.30. The van der Waals surface area contributed by atoms with Crippen LogP contribution in [0.3, 0.4) is 0 Å². The number of benzene rings is 1. The largest absolute Gasteiger partial charge is 0.469 e. The number of alkyl halides is 1. The number of carbonyl (C=O) groups is 1. The van der Waals surface area contributed by atoms with E-state index in [9.17, 15) is 4.79 Å². The zero-order chi connectivity index (χ0) is 16.4. The summed E-state index contributed by atoms with van der Waals surface area (Å²) >= 11 is 4.77. The monoisotopic (exact) mass is 539 g/mol. The first-order valence-corrected chi connectivity index (χ1v) is 10.9. The number of hydrogen-bond donors (Lipinski definition) is 0. The molecule has 0 aromatic heterocycles. The molecule has 3 nitrogen and oxygen atoms in total. The van der Waals surface area contributed by atoms with Gasteiger partial charge in [0.15, 0.2) is 0 Å². The van der Waals surface area contributed by atoms with Crippen LogP contribution in [0.4, 0.5) is 0 Å². The van der Waals surface area contributed by atoms with E-state index in [1.165, 1.54) is 33.5 Å². The van der Waals surface area contributed by atoms with Gasteiger partial charge in [0.1, 0.15) is 0 Å². The van der Waals surface area contributed by atoms with E-state index in [0.29, 0.717) is 18.0 Å². The lowest BCUT2D eigenvalue weighted by molar-refractivity contribution is -0.150. The Hall–Kier alpha value is 0.110. The molecular weight excluding hydrogens is 516 g/mol. The second kappa shape index (κ2) is 7.99. The van der Waals surface area contributed by atoms with E-state index < -0.39 is 0 Å². The van der Waals surface area contributed by atoms with Crippen LogP contribution in [0.25, 0.3) is 0 Å². The minimum Gasteiger partial charge on any atom is -0.469 e. The lowest BCUT2D eigenvalue weighted by Crippen LogP contribution is -2.51. The maximum Gasteiger partial charge on any atom is 0.310 e. The molecule has 2 fully saturated rings. The number of hydrogen-bond acceptors (Lipinski definition) is 3.